The fourth-order valence-electron chi connectivity index (χ4n) is 2.91. The highest BCUT2D eigenvalue weighted by Crippen LogP contribution is 2.35. The average Bonchev–Trinajstić information content (AvgIpc) is 3.24. The molecule has 0 spiro atoms. The van der Waals surface area contributed by atoms with E-state index in [0.29, 0.717) is 40.4 Å². The molecule has 4 rings (SSSR count). The van der Waals surface area contributed by atoms with Gasteiger partial charge in [-0.25, -0.2) is 4.98 Å². The Morgan fingerprint density at radius 3 is 2.70 bits per heavy atom. The number of hydrogen-bond donors (Lipinski definition) is 1. The monoisotopic (exact) mass is 441 g/mol. The second-order valence-electron chi connectivity index (χ2n) is 6.46. The van der Waals surface area contributed by atoms with Crippen molar-refractivity contribution in [2.24, 2.45) is 0 Å². The second-order valence-corrected chi connectivity index (χ2v) is 7.28. The van der Waals surface area contributed by atoms with Crippen LogP contribution in [0, 0.1) is 0 Å². The molecule has 0 fully saturated rings. The van der Waals surface area contributed by atoms with Crippen LogP contribution in [0.1, 0.15) is 5.69 Å². The smallest absolute Gasteiger partial charge is 0.251 e. The Bertz CT molecular complexity index is 1100. The summed E-state index contributed by atoms with van der Waals surface area (Å²) in [4.78, 5) is 7.43. The van der Waals surface area contributed by atoms with E-state index in [1.165, 1.54) is 0 Å². The number of aromatic nitrogens is 3. The van der Waals surface area contributed by atoms with Crippen LogP contribution in [-0.4, -0.2) is 23.5 Å². The molecular weight excluding hydrogens is 423 g/mol. The molecule has 1 aromatic carbocycles. The molecule has 0 aliphatic rings. The Kier molecular flexibility index (Phi) is 6.59. The van der Waals surface area contributed by atoms with Crippen LogP contribution >= 0.6 is 23.2 Å². The summed E-state index contributed by atoms with van der Waals surface area (Å²) < 4.78 is 11.1. The summed E-state index contributed by atoms with van der Waals surface area (Å²) in [5, 5.41) is 8.38. The van der Waals surface area contributed by atoms with Crippen LogP contribution in [-0.2, 0) is 11.2 Å². The second kappa shape index (κ2) is 9.71. The minimum atomic E-state index is 0.382. The highest BCUT2D eigenvalue weighted by molar-refractivity contribution is 6.39. The van der Waals surface area contributed by atoms with E-state index in [4.69, 9.17) is 32.5 Å². The topological polar surface area (TPSA) is 74.3 Å². The molecule has 0 amide bonds. The van der Waals surface area contributed by atoms with Gasteiger partial charge < -0.3 is 14.6 Å². The van der Waals surface area contributed by atoms with Crippen molar-refractivity contribution in [3.63, 3.8) is 0 Å². The van der Waals surface area contributed by atoms with Crippen molar-refractivity contribution in [1.29, 1.82) is 0 Å². The first kappa shape index (κ1) is 20.3. The Labute approximate surface area is 183 Å². The summed E-state index contributed by atoms with van der Waals surface area (Å²) in [5.41, 5.74) is 3.87. The number of nitrogens with one attached hydrogen (secondary N) is 2. The average molecular weight is 442 g/mol. The van der Waals surface area contributed by atoms with Gasteiger partial charge >= 0.3 is 0 Å². The van der Waals surface area contributed by atoms with Gasteiger partial charge in [-0.15, -0.1) is 0 Å². The summed E-state index contributed by atoms with van der Waals surface area (Å²) in [5.74, 6) is 0.570. The summed E-state index contributed by atoms with van der Waals surface area (Å²) in [6, 6.07) is 16.8. The first-order valence-electron chi connectivity index (χ1n) is 9.35. The van der Waals surface area contributed by atoms with Crippen molar-refractivity contribution in [2.75, 3.05) is 18.7 Å². The lowest BCUT2D eigenvalue weighted by Gasteiger charge is -2.06. The lowest BCUT2D eigenvalue weighted by atomic mass is 10.1. The molecule has 0 aliphatic heterocycles. The molecule has 8 heteroatoms. The van der Waals surface area contributed by atoms with Crippen LogP contribution in [0.25, 0.3) is 22.7 Å². The Morgan fingerprint density at radius 2 is 1.90 bits per heavy atom. The molecule has 4 aromatic rings. The van der Waals surface area contributed by atoms with E-state index in [2.05, 4.69) is 20.4 Å². The number of hydrogen-bond acceptors (Lipinski definition) is 5. The van der Waals surface area contributed by atoms with E-state index in [9.17, 15) is 0 Å². The number of nitrogens with zero attached hydrogens (tertiary/aromatic N) is 2. The Morgan fingerprint density at radius 1 is 1.03 bits per heavy atom. The van der Waals surface area contributed by atoms with E-state index in [1.807, 2.05) is 36.5 Å². The number of ether oxygens (including phenoxy) is 1. The molecule has 0 bridgehead atoms. The van der Waals surface area contributed by atoms with Gasteiger partial charge in [0.2, 0.25) is 5.76 Å². The lowest BCUT2D eigenvalue weighted by Crippen LogP contribution is -2.11. The zero-order valence-corrected chi connectivity index (χ0v) is 17.5. The molecule has 0 radical (unpaired) electrons. The van der Waals surface area contributed by atoms with Gasteiger partial charge in [-0.05, 0) is 24.3 Å². The standard InChI is InChI=1S/C22H18Cl2N4O2/c23-17-5-3-6-18(24)22(17)20-13-21(30-28-20)19-12-16(7-10-26-19)27-14-29-11-8-15-4-1-2-9-25-15/h1-7,9-10,12-13H,8,11,14H2,(H,26,27)/p+1. The number of pyridine rings is 2. The first-order valence-corrected chi connectivity index (χ1v) is 10.1. The van der Waals surface area contributed by atoms with E-state index in [0.717, 1.165) is 23.5 Å². The van der Waals surface area contributed by atoms with Crippen molar-refractivity contribution in [3.8, 4) is 22.7 Å². The van der Waals surface area contributed by atoms with Crippen molar-refractivity contribution >= 4 is 28.9 Å². The highest BCUT2D eigenvalue weighted by atomic mass is 35.5. The van der Waals surface area contributed by atoms with Gasteiger partial charge in [0.1, 0.15) is 12.4 Å². The SMILES string of the molecule is Clc1cccc(Cl)c1-c1cc(-c2cc(NCOCCc3ccccn3)cc[nH+]2)on1. The number of halogens is 2. The van der Waals surface area contributed by atoms with E-state index in [1.54, 1.807) is 30.5 Å². The van der Waals surface area contributed by atoms with E-state index in [-0.39, 0.29) is 0 Å². The molecule has 30 heavy (non-hydrogen) atoms. The van der Waals surface area contributed by atoms with E-state index < -0.39 is 0 Å². The van der Waals surface area contributed by atoms with Gasteiger partial charge in [0.15, 0.2) is 6.20 Å². The molecule has 2 N–H and O–H groups in total. The minimum absolute atomic E-state index is 0.382. The number of H-pyrrole nitrogens is 1. The molecule has 0 atom stereocenters. The van der Waals surface area contributed by atoms with Gasteiger partial charge in [0, 0.05) is 47.8 Å². The highest BCUT2D eigenvalue weighted by Gasteiger charge is 2.17. The molecule has 0 aliphatic carbocycles. The third-order valence-corrected chi connectivity index (χ3v) is 5.03. The van der Waals surface area contributed by atoms with Crippen molar-refractivity contribution in [1.82, 2.24) is 10.1 Å². The van der Waals surface area contributed by atoms with Crippen molar-refractivity contribution in [2.45, 2.75) is 6.42 Å². The number of anilines is 1. The van der Waals surface area contributed by atoms with Crippen LogP contribution in [0.3, 0.4) is 0 Å². The zero-order chi connectivity index (χ0) is 20.8. The molecule has 0 saturated heterocycles. The molecule has 6 nitrogen and oxygen atoms in total. The van der Waals surface area contributed by atoms with Crippen LogP contribution in [0.15, 0.2) is 71.5 Å². The van der Waals surface area contributed by atoms with Gasteiger partial charge in [0.25, 0.3) is 5.69 Å². The number of rotatable bonds is 8. The molecular formula is C22H19Cl2N4O2+. The fraction of sp³-hybridized carbons (Fsp3) is 0.136. The summed E-state index contributed by atoms with van der Waals surface area (Å²) in [7, 11) is 0. The number of benzene rings is 1. The largest absolute Gasteiger partial charge is 0.362 e. The minimum Gasteiger partial charge on any atom is -0.362 e. The van der Waals surface area contributed by atoms with E-state index >= 15 is 0 Å². The van der Waals surface area contributed by atoms with Crippen molar-refractivity contribution in [3.05, 3.63) is 82.7 Å². The van der Waals surface area contributed by atoms with Crippen LogP contribution in [0.4, 0.5) is 5.69 Å². The van der Waals surface area contributed by atoms with Crippen LogP contribution in [0.5, 0.6) is 0 Å². The quantitative estimate of drug-likeness (QED) is 0.302. The predicted octanol–water partition coefficient (Wildman–Crippen LogP) is 5.15. The van der Waals surface area contributed by atoms with Gasteiger partial charge in [-0.2, -0.15) is 0 Å². The van der Waals surface area contributed by atoms with Crippen LogP contribution in [0.2, 0.25) is 10.0 Å². The Hall–Kier alpha value is -2.93. The fourth-order valence-corrected chi connectivity index (χ4v) is 3.50. The van der Waals surface area contributed by atoms with Gasteiger partial charge in [-0.3, -0.25) is 4.98 Å². The maximum Gasteiger partial charge on any atom is 0.251 e. The summed E-state index contributed by atoms with van der Waals surface area (Å²) >= 11 is 12.5. The molecule has 152 valence electrons. The summed E-state index contributed by atoms with van der Waals surface area (Å²) in [6.45, 7) is 0.965. The van der Waals surface area contributed by atoms with Crippen molar-refractivity contribution < 1.29 is 14.2 Å². The molecule has 3 aromatic heterocycles. The maximum absolute atomic E-state index is 6.26. The first-order chi connectivity index (χ1) is 14.7. The predicted molar refractivity (Wildman–Crippen MR) is 116 cm³/mol. The molecule has 0 saturated carbocycles. The molecule has 0 unspecified atom stereocenters. The lowest BCUT2D eigenvalue weighted by molar-refractivity contribution is -0.365. The van der Waals surface area contributed by atoms with Gasteiger partial charge in [0.05, 0.1) is 16.7 Å². The van der Waals surface area contributed by atoms with Gasteiger partial charge in [-0.1, -0.05) is 40.5 Å². The number of aromatic amines is 1. The Balaban J connectivity index is 1.37. The molecule has 3 heterocycles. The zero-order valence-electron chi connectivity index (χ0n) is 15.9. The normalized spacial score (nSPS) is 10.9. The van der Waals surface area contributed by atoms with Crippen LogP contribution < -0.4 is 10.3 Å². The third-order valence-electron chi connectivity index (χ3n) is 4.40. The summed E-state index contributed by atoms with van der Waals surface area (Å²) in [6.07, 6.45) is 4.36. The maximum atomic E-state index is 6.26. The third kappa shape index (κ3) is 4.97.